The Bertz CT molecular complexity index is 287. The first-order valence-corrected chi connectivity index (χ1v) is 6.83. The van der Waals surface area contributed by atoms with Crippen LogP contribution in [0.3, 0.4) is 0 Å². The van der Waals surface area contributed by atoms with Gasteiger partial charge in [-0.05, 0) is 6.92 Å². The number of nitrogens with two attached hydrogens (primary N) is 1. The van der Waals surface area contributed by atoms with Crippen molar-refractivity contribution in [1.82, 2.24) is 4.90 Å². The number of rotatable bonds is 1. The van der Waals surface area contributed by atoms with Gasteiger partial charge in [-0.1, -0.05) is 6.92 Å². The topological polar surface area (TPSA) is 55.6 Å². The van der Waals surface area contributed by atoms with Crippen molar-refractivity contribution in [3.8, 4) is 0 Å². The van der Waals surface area contributed by atoms with E-state index in [1.165, 1.54) is 0 Å². The lowest BCUT2D eigenvalue weighted by molar-refractivity contribution is -0.141. The fourth-order valence-corrected chi connectivity index (χ4v) is 3.29. The number of carbonyl (C=O) groups excluding carboxylic acids is 1. The standard InChI is InChI=1S/C11H20N2O2S/c1-8-5-13(3-4-16-8)10(14)11(2)7-15-6-9(11)12/h8-9H,3-7,12H2,1-2H3. The molecule has 0 aromatic carbocycles. The average molecular weight is 244 g/mol. The minimum atomic E-state index is -0.512. The Morgan fingerprint density at radius 3 is 2.94 bits per heavy atom. The lowest BCUT2D eigenvalue weighted by atomic mass is 9.84. The van der Waals surface area contributed by atoms with Crippen LogP contribution in [-0.2, 0) is 9.53 Å². The van der Waals surface area contributed by atoms with Gasteiger partial charge in [-0.2, -0.15) is 11.8 Å². The summed E-state index contributed by atoms with van der Waals surface area (Å²) in [5.74, 6) is 1.20. The molecule has 2 heterocycles. The molecule has 0 saturated carbocycles. The predicted molar refractivity (Wildman–Crippen MR) is 65.4 cm³/mol. The Balaban J connectivity index is 2.06. The van der Waals surface area contributed by atoms with Crippen molar-refractivity contribution in [1.29, 1.82) is 0 Å². The molecule has 0 aliphatic carbocycles. The van der Waals surface area contributed by atoms with Crippen molar-refractivity contribution >= 4 is 17.7 Å². The van der Waals surface area contributed by atoms with Crippen LogP contribution in [0.2, 0.25) is 0 Å². The van der Waals surface area contributed by atoms with Crippen LogP contribution in [0.1, 0.15) is 13.8 Å². The molecule has 2 aliphatic heterocycles. The van der Waals surface area contributed by atoms with Crippen LogP contribution >= 0.6 is 11.8 Å². The molecule has 2 fully saturated rings. The number of hydrogen-bond donors (Lipinski definition) is 1. The maximum atomic E-state index is 12.4. The van der Waals surface area contributed by atoms with Gasteiger partial charge in [0.15, 0.2) is 0 Å². The molecule has 0 bridgehead atoms. The monoisotopic (exact) mass is 244 g/mol. The molecular formula is C11H20N2O2S. The first-order chi connectivity index (χ1) is 7.54. The molecule has 2 aliphatic rings. The number of carbonyl (C=O) groups is 1. The highest BCUT2D eigenvalue weighted by Crippen LogP contribution is 2.31. The molecule has 2 saturated heterocycles. The molecule has 0 spiro atoms. The maximum absolute atomic E-state index is 12.4. The second-order valence-electron chi connectivity index (χ2n) is 4.97. The molecule has 3 unspecified atom stereocenters. The van der Waals surface area contributed by atoms with Gasteiger partial charge in [-0.15, -0.1) is 0 Å². The quantitative estimate of drug-likeness (QED) is 0.721. The van der Waals surface area contributed by atoms with E-state index in [4.69, 9.17) is 10.5 Å². The van der Waals surface area contributed by atoms with Crippen LogP contribution < -0.4 is 5.73 Å². The van der Waals surface area contributed by atoms with Crippen LogP contribution in [0.25, 0.3) is 0 Å². The van der Waals surface area contributed by atoms with E-state index in [0.717, 1.165) is 18.8 Å². The van der Waals surface area contributed by atoms with E-state index in [2.05, 4.69) is 6.92 Å². The van der Waals surface area contributed by atoms with Crippen molar-refractivity contribution < 1.29 is 9.53 Å². The highest BCUT2D eigenvalue weighted by atomic mass is 32.2. The van der Waals surface area contributed by atoms with Crippen molar-refractivity contribution in [3.63, 3.8) is 0 Å². The van der Waals surface area contributed by atoms with Crippen molar-refractivity contribution in [2.45, 2.75) is 25.1 Å². The SMILES string of the molecule is CC1CN(C(=O)C2(C)COCC2N)CCS1. The summed E-state index contributed by atoms with van der Waals surface area (Å²) in [5, 5.41) is 0.528. The van der Waals surface area contributed by atoms with Crippen molar-refractivity contribution in [2.24, 2.45) is 11.1 Å². The number of amides is 1. The van der Waals surface area contributed by atoms with E-state index in [0.29, 0.717) is 18.5 Å². The fourth-order valence-electron chi connectivity index (χ4n) is 2.27. The summed E-state index contributed by atoms with van der Waals surface area (Å²) in [6, 6.07) is -0.162. The summed E-state index contributed by atoms with van der Waals surface area (Å²) >= 11 is 1.93. The largest absolute Gasteiger partial charge is 0.379 e. The van der Waals surface area contributed by atoms with Crippen LogP contribution in [0, 0.1) is 5.41 Å². The van der Waals surface area contributed by atoms with E-state index in [1.54, 1.807) is 0 Å². The van der Waals surface area contributed by atoms with Gasteiger partial charge in [0.25, 0.3) is 0 Å². The summed E-state index contributed by atoms with van der Waals surface area (Å²) in [7, 11) is 0. The summed E-state index contributed by atoms with van der Waals surface area (Å²) < 4.78 is 5.33. The molecule has 16 heavy (non-hydrogen) atoms. The molecule has 92 valence electrons. The molecule has 0 aromatic rings. The second kappa shape index (κ2) is 4.55. The Morgan fingerprint density at radius 2 is 2.38 bits per heavy atom. The Morgan fingerprint density at radius 1 is 1.62 bits per heavy atom. The van der Waals surface area contributed by atoms with E-state index in [9.17, 15) is 4.79 Å². The predicted octanol–water partition coefficient (Wildman–Crippen LogP) is 0.314. The van der Waals surface area contributed by atoms with Crippen LogP contribution in [0.15, 0.2) is 0 Å². The van der Waals surface area contributed by atoms with Gasteiger partial charge in [-0.25, -0.2) is 0 Å². The van der Waals surface area contributed by atoms with Gasteiger partial charge in [-0.3, -0.25) is 4.79 Å². The van der Waals surface area contributed by atoms with Gasteiger partial charge < -0.3 is 15.4 Å². The van der Waals surface area contributed by atoms with Gasteiger partial charge in [0.1, 0.15) is 0 Å². The van der Waals surface area contributed by atoms with Crippen LogP contribution in [0.5, 0.6) is 0 Å². The van der Waals surface area contributed by atoms with E-state index < -0.39 is 5.41 Å². The maximum Gasteiger partial charge on any atom is 0.232 e. The zero-order valence-corrected chi connectivity index (χ0v) is 10.8. The molecule has 0 aromatic heterocycles. The third-order valence-corrected chi connectivity index (χ3v) is 4.67. The summed E-state index contributed by atoms with van der Waals surface area (Å²) in [5.41, 5.74) is 5.47. The fraction of sp³-hybridized carbons (Fsp3) is 0.909. The molecule has 4 nitrogen and oxygen atoms in total. The zero-order valence-electron chi connectivity index (χ0n) is 9.94. The number of ether oxygens (including phenoxy) is 1. The molecule has 3 atom stereocenters. The molecular weight excluding hydrogens is 224 g/mol. The number of thioether (sulfide) groups is 1. The van der Waals surface area contributed by atoms with Crippen molar-refractivity contribution in [2.75, 3.05) is 32.1 Å². The molecule has 2 N–H and O–H groups in total. The van der Waals surface area contributed by atoms with Gasteiger partial charge >= 0.3 is 0 Å². The van der Waals surface area contributed by atoms with Crippen LogP contribution in [-0.4, -0.2) is 54.2 Å². The summed E-state index contributed by atoms with van der Waals surface area (Å²) in [4.78, 5) is 14.4. The third-order valence-electron chi connectivity index (χ3n) is 3.53. The molecule has 1 amide bonds. The Hall–Kier alpha value is -0.260. The smallest absolute Gasteiger partial charge is 0.232 e. The lowest BCUT2D eigenvalue weighted by Crippen LogP contribution is -2.54. The van der Waals surface area contributed by atoms with E-state index >= 15 is 0 Å². The highest BCUT2D eigenvalue weighted by Gasteiger charge is 2.46. The number of hydrogen-bond acceptors (Lipinski definition) is 4. The molecule has 5 heteroatoms. The molecule has 0 radical (unpaired) electrons. The molecule has 2 rings (SSSR count). The minimum absolute atomic E-state index is 0.162. The lowest BCUT2D eigenvalue weighted by Gasteiger charge is -2.37. The van der Waals surface area contributed by atoms with Crippen molar-refractivity contribution in [3.05, 3.63) is 0 Å². The Labute approximate surface area is 101 Å². The first kappa shape index (κ1) is 12.2. The number of nitrogens with zero attached hydrogens (tertiary/aromatic N) is 1. The van der Waals surface area contributed by atoms with E-state index in [1.807, 2.05) is 23.6 Å². The average Bonchev–Trinajstić information content (AvgIpc) is 2.59. The van der Waals surface area contributed by atoms with E-state index in [-0.39, 0.29) is 11.9 Å². The first-order valence-electron chi connectivity index (χ1n) is 5.78. The third kappa shape index (κ3) is 2.08. The second-order valence-corrected chi connectivity index (χ2v) is 6.52. The zero-order chi connectivity index (χ0) is 11.8. The normalized spacial score (nSPS) is 40.1. The minimum Gasteiger partial charge on any atom is -0.379 e. The highest BCUT2D eigenvalue weighted by molar-refractivity contribution is 7.99. The summed E-state index contributed by atoms with van der Waals surface area (Å²) in [6.07, 6.45) is 0. The van der Waals surface area contributed by atoms with Gasteiger partial charge in [0.2, 0.25) is 5.91 Å². The summed E-state index contributed by atoms with van der Waals surface area (Å²) in [6.45, 7) is 6.74. The van der Waals surface area contributed by atoms with Crippen LogP contribution in [0.4, 0.5) is 0 Å². The van der Waals surface area contributed by atoms with Gasteiger partial charge in [0.05, 0.1) is 18.6 Å². The van der Waals surface area contributed by atoms with Gasteiger partial charge in [0, 0.05) is 30.1 Å². The Kier molecular flexibility index (Phi) is 3.47.